The summed E-state index contributed by atoms with van der Waals surface area (Å²) in [7, 11) is 3.03. The minimum Gasteiger partial charge on any atom is -0.497 e. The summed E-state index contributed by atoms with van der Waals surface area (Å²) in [5, 5.41) is 47.1. The van der Waals surface area contributed by atoms with E-state index in [-0.39, 0.29) is 82.7 Å². The van der Waals surface area contributed by atoms with Crippen molar-refractivity contribution in [1.82, 2.24) is 4.90 Å². The Morgan fingerprint density at radius 3 is 2.38 bits per heavy atom. The lowest BCUT2D eigenvalue weighted by Crippen LogP contribution is -2.70. The van der Waals surface area contributed by atoms with E-state index < -0.39 is 29.8 Å². The van der Waals surface area contributed by atoms with E-state index in [1.54, 1.807) is 65.6 Å². The van der Waals surface area contributed by atoms with E-state index in [2.05, 4.69) is 24.0 Å². The van der Waals surface area contributed by atoms with Gasteiger partial charge in [-0.05, 0) is 103 Å². The number of nitrogens with one attached hydrogen (secondary N) is 1. The number of rotatable bonds is 25. The summed E-state index contributed by atoms with van der Waals surface area (Å²) in [4.78, 5) is 36.8. The molecule has 0 radical (unpaired) electrons. The molecule has 0 aromatic heterocycles. The van der Waals surface area contributed by atoms with Gasteiger partial charge in [0.05, 0.1) is 69.6 Å². The van der Waals surface area contributed by atoms with Gasteiger partial charge in [0.15, 0.2) is 0 Å². The van der Waals surface area contributed by atoms with E-state index in [1.165, 1.54) is 14.2 Å². The second-order valence-corrected chi connectivity index (χ2v) is 17.6. The summed E-state index contributed by atoms with van der Waals surface area (Å²) < 4.78 is 37.2. The van der Waals surface area contributed by atoms with E-state index in [4.69, 9.17) is 38.4 Å². The fraction of sp³-hybridized carbons (Fsp3) is 0.418. The molecule has 6 unspecified atom stereocenters. The molecule has 2 aliphatic carbocycles. The molecule has 71 heavy (non-hydrogen) atoms. The summed E-state index contributed by atoms with van der Waals surface area (Å²) in [5.74, 6) is -1.63. The zero-order valence-electron chi connectivity index (χ0n) is 40.4. The van der Waals surface area contributed by atoms with Crippen LogP contribution in [0.2, 0.25) is 0 Å². The molecular formula is C55H64N4O12. The second-order valence-electron chi connectivity index (χ2n) is 17.6. The van der Waals surface area contributed by atoms with Crippen LogP contribution in [0.25, 0.3) is 0 Å². The summed E-state index contributed by atoms with van der Waals surface area (Å²) >= 11 is 0. The van der Waals surface area contributed by atoms with Crippen LogP contribution in [0.3, 0.4) is 0 Å². The van der Waals surface area contributed by atoms with Gasteiger partial charge in [0.1, 0.15) is 35.6 Å². The molecule has 1 saturated carbocycles. The highest BCUT2D eigenvalue weighted by atomic mass is 16.7. The summed E-state index contributed by atoms with van der Waals surface area (Å²) in [5.41, 5.74) is 4.14. The van der Waals surface area contributed by atoms with Gasteiger partial charge in [0.2, 0.25) is 5.79 Å². The lowest BCUT2D eigenvalue weighted by atomic mass is 9.55. The number of aliphatic hydroxyl groups is 3. The van der Waals surface area contributed by atoms with Crippen molar-refractivity contribution < 1.29 is 58.2 Å². The number of amides is 2. The third-order valence-electron chi connectivity index (χ3n) is 13.4. The number of nitrogens with zero attached hydrogens (tertiary/aromatic N) is 3. The van der Waals surface area contributed by atoms with E-state index >= 15 is 4.79 Å². The summed E-state index contributed by atoms with van der Waals surface area (Å²) in [6.07, 6.45) is 7.24. The normalized spacial score (nSPS) is 21.3. The smallest absolute Gasteiger partial charge is 0.417 e. The second kappa shape index (κ2) is 25.4. The average Bonchev–Trinajstić information content (AvgIpc) is 3.39. The first kappa shape index (κ1) is 52.1. The predicted molar refractivity (Wildman–Crippen MR) is 265 cm³/mol. The molecule has 16 heteroatoms. The van der Waals surface area contributed by atoms with Crippen LogP contribution in [0.1, 0.15) is 77.9 Å². The number of carbonyl (C=O) groups excluding carboxylic acids is 2. The van der Waals surface area contributed by atoms with Crippen molar-refractivity contribution in [2.45, 2.75) is 69.3 Å². The Morgan fingerprint density at radius 1 is 0.915 bits per heavy atom. The first-order valence-corrected chi connectivity index (χ1v) is 24.2. The van der Waals surface area contributed by atoms with Crippen LogP contribution in [0.5, 0.6) is 23.0 Å². The fourth-order valence-corrected chi connectivity index (χ4v) is 10.2. The first-order chi connectivity index (χ1) is 34.7. The number of fused-ring (bicyclic) bond motifs is 2. The molecule has 1 fully saturated rings. The van der Waals surface area contributed by atoms with Gasteiger partial charge in [-0.1, -0.05) is 60.5 Å². The number of ether oxygens (including phenoxy) is 6. The lowest BCUT2D eigenvalue weighted by molar-refractivity contribution is -0.254. The van der Waals surface area contributed by atoms with Gasteiger partial charge in [-0.15, -0.1) is 6.58 Å². The summed E-state index contributed by atoms with van der Waals surface area (Å²) in [6.45, 7) is 4.22. The summed E-state index contributed by atoms with van der Waals surface area (Å²) in [6, 6.07) is 27.5. The van der Waals surface area contributed by atoms with Crippen LogP contribution in [0, 0.1) is 29.1 Å². The van der Waals surface area contributed by atoms with Crippen molar-refractivity contribution in [2.75, 3.05) is 65.7 Å². The Bertz CT molecular complexity index is 2530. The van der Waals surface area contributed by atoms with Crippen LogP contribution >= 0.6 is 0 Å². The van der Waals surface area contributed by atoms with Crippen LogP contribution in [0.15, 0.2) is 120 Å². The Balaban J connectivity index is 1.42. The zero-order valence-corrected chi connectivity index (χ0v) is 40.4. The van der Waals surface area contributed by atoms with Crippen LogP contribution < -0.4 is 24.3 Å². The number of oxime groups is 1. The molecule has 0 bridgehead atoms. The van der Waals surface area contributed by atoms with E-state index in [9.17, 15) is 25.4 Å². The highest BCUT2D eigenvalue weighted by Crippen LogP contribution is 2.62. The van der Waals surface area contributed by atoms with Crippen LogP contribution in [0.4, 0.5) is 10.5 Å². The molecule has 6 atom stereocenters. The molecule has 1 heterocycles. The molecule has 1 aliphatic heterocycles. The van der Waals surface area contributed by atoms with Crippen molar-refractivity contribution in [3.05, 3.63) is 138 Å². The number of hydrogen-bond donors (Lipinski definition) is 4. The molecule has 0 spiro atoms. The number of aliphatic hydroxyl groups excluding tert-OH is 3. The van der Waals surface area contributed by atoms with Gasteiger partial charge < -0.3 is 53.5 Å². The van der Waals surface area contributed by atoms with Gasteiger partial charge in [-0.3, -0.25) is 10.1 Å². The standard InChI is InChI=1S/C55H64N4O12/c1-4-28-68-55-50(59(24-29-67-30-27-62)53(63)39-18-16-37(35-56)17-19-39)34-47(58-69-36-38-12-6-5-7-13-38)44-31-40(14-8-10-25-60)43(15-9-11-26-61)51(52(44)55)45-32-42(21-23-48(45)71-55)70-54(64)57-46-22-20-41(65-2)33-49(46)66-3/h4-7,12-13,16-23,31-33,40,43,50-52,60-62H,1,8-11,14-15,24-30,34,36H2,2-3H3,(H,57,64). The number of nitriles is 1. The molecule has 0 saturated heterocycles. The molecule has 3 aliphatic rings. The third kappa shape index (κ3) is 12.2. The Morgan fingerprint density at radius 2 is 1.68 bits per heavy atom. The molecular weight excluding hydrogens is 909 g/mol. The van der Waals surface area contributed by atoms with E-state index in [0.29, 0.717) is 65.5 Å². The van der Waals surface area contributed by atoms with Gasteiger partial charge in [-0.2, -0.15) is 5.26 Å². The number of allylic oxidation sites excluding steroid dienone is 1. The van der Waals surface area contributed by atoms with Crippen molar-refractivity contribution >= 4 is 23.4 Å². The van der Waals surface area contributed by atoms with Crippen LogP contribution in [-0.2, 0) is 20.9 Å². The number of unbranched alkanes of at least 4 members (excludes halogenated alkanes) is 2. The predicted octanol–water partition coefficient (Wildman–Crippen LogP) is 8.17. The topological polar surface area (TPSA) is 211 Å². The van der Waals surface area contributed by atoms with Crippen LogP contribution in [-0.4, -0.2) is 110 Å². The van der Waals surface area contributed by atoms with Gasteiger partial charge in [-0.25, -0.2) is 4.79 Å². The number of methoxy groups -OCH3 is 2. The first-order valence-electron chi connectivity index (χ1n) is 24.2. The molecule has 4 aromatic rings. The highest BCUT2D eigenvalue weighted by molar-refractivity contribution is 6.03. The third-order valence-corrected chi connectivity index (χ3v) is 13.4. The molecule has 4 N–H and O–H groups in total. The molecule has 7 rings (SSSR count). The number of hydrogen-bond acceptors (Lipinski definition) is 14. The van der Waals surface area contributed by atoms with Gasteiger partial charge >= 0.3 is 6.09 Å². The lowest BCUT2D eigenvalue weighted by Gasteiger charge is -2.60. The van der Waals surface area contributed by atoms with Crippen molar-refractivity contribution in [3.8, 4) is 29.1 Å². The maximum absolute atomic E-state index is 15.2. The van der Waals surface area contributed by atoms with Crippen molar-refractivity contribution in [3.63, 3.8) is 0 Å². The van der Waals surface area contributed by atoms with E-state index in [0.717, 1.165) is 29.5 Å². The SMILES string of the molecule is C=CCOC12Oc3ccc(OC(=O)Nc4ccc(OC)cc4OC)cc3C3C(CCCCO)C(CCCCO)C=C(C(=NOCc4ccccc4)CC1N(CCOCCO)C(=O)c1ccc(C#N)cc1)C32. The minimum atomic E-state index is -1.61. The molecule has 4 aromatic carbocycles. The van der Waals surface area contributed by atoms with Gasteiger partial charge in [0.25, 0.3) is 5.91 Å². The average molecular weight is 973 g/mol. The Labute approximate surface area is 415 Å². The van der Waals surface area contributed by atoms with Crippen molar-refractivity contribution in [1.29, 1.82) is 5.26 Å². The number of benzene rings is 4. The molecule has 376 valence electrons. The quantitative estimate of drug-likeness (QED) is 0.0281. The van der Waals surface area contributed by atoms with E-state index in [1.807, 2.05) is 36.4 Å². The number of anilines is 1. The highest BCUT2D eigenvalue weighted by Gasteiger charge is 2.65. The monoisotopic (exact) mass is 972 g/mol. The Hall–Kier alpha value is -6.74. The van der Waals surface area contributed by atoms with Crippen molar-refractivity contribution in [2.24, 2.45) is 22.9 Å². The number of carbonyl (C=O) groups is 2. The molecule has 2 amide bonds. The van der Waals surface area contributed by atoms with Gasteiger partial charge in [0, 0.05) is 49.3 Å². The Kier molecular flexibility index (Phi) is 18.6. The zero-order chi connectivity index (χ0) is 50.2. The molecule has 16 nitrogen and oxygen atoms in total. The minimum absolute atomic E-state index is 0.0116. The largest absolute Gasteiger partial charge is 0.497 e. The maximum atomic E-state index is 15.2. The fourth-order valence-electron chi connectivity index (χ4n) is 10.2. The maximum Gasteiger partial charge on any atom is 0.417 e.